The first-order chi connectivity index (χ1) is 11.5. The Hall–Kier alpha value is -2.41. The standard InChI is InChI=1S/C17H19N3O3S/c1-11-10-24-17(18-11)19-16(22)13-7-15(21)20(9-13)8-12-3-5-14(23-2)6-4-12/h3-6,10,13H,7-9H2,1-2H3,(H,18,19,22)/t13-/m1/s1. The van der Waals surface area contributed by atoms with Crippen molar-refractivity contribution in [2.75, 3.05) is 19.0 Å². The second-order valence-corrected chi connectivity index (χ2v) is 6.66. The van der Waals surface area contributed by atoms with Gasteiger partial charge in [-0.1, -0.05) is 12.1 Å². The summed E-state index contributed by atoms with van der Waals surface area (Å²) in [6.07, 6.45) is 0.242. The molecule has 1 aromatic carbocycles. The molecule has 0 radical (unpaired) electrons. The van der Waals surface area contributed by atoms with Gasteiger partial charge in [-0.05, 0) is 24.6 Å². The van der Waals surface area contributed by atoms with E-state index in [0.717, 1.165) is 17.0 Å². The lowest BCUT2D eigenvalue weighted by molar-refractivity contribution is -0.128. The molecule has 1 saturated heterocycles. The van der Waals surface area contributed by atoms with E-state index < -0.39 is 0 Å². The van der Waals surface area contributed by atoms with E-state index in [0.29, 0.717) is 18.2 Å². The molecule has 1 N–H and O–H groups in total. The predicted molar refractivity (Wildman–Crippen MR) is 92.0 cm³/mol. The number of carbonyl (C=O) groups excluding carboxylic acids is 2. The van der Waals surface area contributed by atoms with Crippen LogP contribution >= 0.6 is 11.3 Å². The maximum atomic E-state index is 12.3. The summed E-state index contributed by atoms with van der Waals surface area (Å²) in [7, 11) is 1.62. The van der Waals surface area contributed by atoms with Crippen LogP contribution in [0.25, 0.3) is 0 Å². The van der Waals surface area contributed by atoms with Crippen molar-refractivity contribution >= 4 is 28.3 Å². The van der Waals surface area contributed by atoms with E-state index >= 15 is 0 Å². The molecule has 126 valence electrons. The molecule has 0 aliphatic carbocycles. The highest BCUT2D eigenvalue weighted by atomic mass is 32.1. The molecule has 6 nitrogen and oxygen atoms in total. The van der Waals surface area contributed by atoms with Gasteiger partial charge >= 0.3 is 0 Å². The smallest absolute Gasteiger partial charge is 0.231 e. The summed E-state index contributed by atoms with van der Waals surface area (Å²) in [5.41, 5.74) is 1.89. The number of rotatable bonds is 5. The minimum Gasteiger partial charge on any atom is -0.497 e. The fraction of sp³-hybridized carbons (Fsp3) is 0.353. The monoisotopic (exact) mass is 345 g/mol. The number of aromatic nitrogens is 1. The number of hydrogen-bond acceptors (Lipinski definition) is 5. The number of carbonyl (C=O) groups is 2. The molecule has 1 fully saturated rings. The van der Waals surface area contributed by atoms with E-state index in [4.69, 9.17) is 4.74 Å². The van der Waals surface area contributed by atoms with Crippen molar-refractivity contribution in [3.63, 3.8) is 0 Å². The molecule has 0 unspecified atom stereocenters. The summed E-state index contributed by atoms with van der Waals surface area (Å²) in [6.45, 7) is 2.81. The molecule has 0 bridgehead atoms. The number of hydrogen-bond donors (Lipinski definition) is 1. The summed E-state index contributed by atoms with van der Waals surface area (Å²) in [6, 6.07) is 7.59. The van der Waals surface area contributed by atoms with E-state index in [1.54, 1.807) is 12.0 Å². The molecule has 1 aromatic heterocycles. The van der Waals surface area contributed by atoms with Crippen LogP contribution in [0.4, 0.5) is 5.13 Å². The van der Waals surface area contributed by atoms with Gasteiger partial charge in [0.1, 0.15) is 5.75 Å². The molecule has 24 heavy (non-hydrogen) atoms. The van der Waals surface area contributed by atoms with Gasteiger partial charge in [-0.25, -0.2) is 4.98 Å². The number of thiazole rings is 1. The highest BCUT2D eigenvalue weighted by molar-refractivity contribution is 7.13. The number of nitrogens with one attached hydrogen (secondary N) is 1. The maximum Gasteiger partial charge on any atom is 0.231 e. The van der Waals surface area contributed by atoms with Gasteiger partial charge < -0.3 is 15.0 Å². The highest BCUT2D eigenvalue weighted by Gasteiger charge is 2.34. The Bertz CT molecular complexity index is 742. The zero-order valence-corrected chi connectivity index (χ0v) is 14.4. The zero-order chi connectivity index (χ0) is 17.1. The lowest BCUT2D eigenvalue weighted by Crippen LogP contribution is -2.28. The lowest BCUT2D eigenvalue weighted by atomic mass is 10.1. The molecule has 2 amide bonds. The van der Waals surface area contributed by atoms with Crippen molar-refractivity contribution in [1.29, 1.82) is 0 Å². The average molecular weight is 345 g/mol. The molecular weight excluding hydrogens is 326 g/mol. The minimum absolute atomic E-state index is 0.00119. The minimum atomic E-state index is -0.333. The van der Waals surface area contributed by atoms with Crippen LogP contribution < -0.4 is 10.1 Å². The second-order valence-electron chi connectivity index (χ2n) is 5.81. The summed E-state index contributed by atoms with van der Waals surface area (Å²) in [5, 5.41) is 5.26. The first-order valence-corrected chi connectivity index (χ1v) is 8.57. The Labute approximate surface area is 144 Å². The molecule has 0 saturated carbocycles. The van der Waals surface area contributed by atoms with Gasteiger partial charge in [0.15, 0.2) is 5.13 Å². The van der Waals surface area contributed by atoms with E-state index in [-0.39, 0.29) is 24.2 Å². The third-order valence-corrected chi connectivity index (χ3v) is 4.84. The van der Waals surface area contributed by atoms with Crippen molar-refractivity contribution in [1.82, 2.24) is 9.88 Å². The number of amides is 2. The van der Waals surface area contributed by atoms with Crippen molar-refractivity contribution in [2.24, 2.45) is 5.92 Å². The van der Waals surface area contributed by atoms with E-state index in [1.807, 2.05) is 36.6 Å². The zero-order valence-electron chi connectivity index (χ0n) is 13.6. The van der Waals surface area contributed by atoms with Gasteiger partial charge in [0.05, 0.1) is 18.7 Å². The van der Waals surface area contributed by atoms with Gasteiger partial charge in [0, 0.05) is 24.9 Å². The van der Waals surface area contributed by atoms with E-state index in [1.165, 1.54) is 11.3 Å². The topological polar surface area (TPSA) is 71.5 Å². The fourth-order valence-electron chi connectivity index (χ4n) is 2.67. The third-order valence-electron chi connectivity index (χ3n) is 3.97. The Morgan fingerprint density at radius 1 is 1.42 bits per heavy atom. The number of methoxy groups -OCH3 is 1. The quantitative estimate of drug-likeness (QED) is 0.903. The summed E-state index contributed by atoms with van der Waals surface area (Å²) >= 11 is 1.39. The number of aryl methyl sites for hydroxylation is 1. The Kier molecular flexibility index (Phi) is 4.80. The first kappa shape index (κ1) is 16.4. The van der Waals surface area contributed by atoms with Crippen LogP contribution in [0.5, 0.6) is 5.75 Å². The number of nitrogens with zero attached hydrogens (tertiary/aromatic N) is 2. The molecule has 1 aliphatic rings. The van der Waals surface area contributed by atoms with Crippen molar-refractivity contribution in [2.45, 2.75) is 19.9 Å². The van der Waals surface area contributed by atoms with Gasteiger partial charge in [0.2, 0.25) is 11.8 Å². The van der Waals surface area contributed by atoms with Crippen molar-refractivity contribution in [3.05, 3.63) is 40.9 Å². The predicted octanol–water partition coefficient (Wildman–Crippen LogP) is 2.45. The molecular formula is C17H19N3O3S. The van der Waals surface area contributed by atoms with Crippen LogP contribution in [0.3, 0.4) is 0 Å². The Morgan fingerprint density at radius 3 is 2.79 bits per heavy atom. The SMILES string of the molecule is COc1ccc(CN2C[C@H](C(=O)Nc3nc(C)cs3)CC2=O)cc1. The Balaban J connectivity index is 1.59. The van der Waals surface area contributed by atoms with Crippen LogP contribution in [0.15, 0.2) is 29.6 Å². The van der Waals surface area contributed by atoms with Crippen molar-refractivity contribution in [3.8, 4) is 5.75 Å². The molecule has 1 aliphatic heterocycles. The largest absolute Gasteiger partial charge is 0.497 e. The molecule has 2 heterocycles. The normalized spacial score (nSPS) is 17.2. The fourth-order valence-corrected chi connectivity index (χ4v) is 3.36. The number of benzene rings is 1. The van der Waals surface area contributed by atoms with Crippen LogP contribution in [0.2, 0.25) is 0 Å². The molecule has 0 spiro atoms. The van der Waals surface area contributed by atoms with E-state index in [9.17, 15) is 9.59 Å². The summed E-state index contributed by atoms with van der Waals surface area (Å²) < 4.78 is 5.13. The molecule has 7 heteroatoms. The van der Waals surface area contributed by atoms with Crippen LogP contribution in [0, 0.1) is 12.8 Å². The van der Waals surface area contributed by atoms with Crippen molar-refractivity contribution < 1.29 is 14.3 Å². The maximum absolute atomic E-state index is 12.3. The number of anilines is 1. The third kappa shape index (κ3) is 3.73. The number of ether oxygens (including phenoxy) is 1. The van der Waals surface area contributed by atoms with Gasteiger partial charge in [-0.15, -0.1) is 11.3 Å². The van der Waals surface area contributed by atoms with E-state index in [2.05, 4.69) is 10.3 Å². The van der Waals surface area contributed by atoms with Crippen LogP contribution in [-0.2, 0) is 16.1 Å². The summed E-state index contributed by atoms with van der Waals surface area (Å²) in [5.74, 6) is 0.304. The molecule has 3 rings (SSSR count). The van der Waals surface area contributed by atoms with Gasteiger partial charge in [-0.3, -0.25) is 9.59 Å². The molecule has 1 atom stereocenters. The first-order valence-electron chi connectivity index (χ1n) is 7.69. The lowest BCUT2D eigenvalue weighted by Gasteiger charge is -2.16. The average Bonchev–Trinajstić information content (AvgIpc) is 3.14. The van der Waals surface area contributed by atoms with Gasteiger partial charge in [0.25, 0.3) is 0 Å². The highest BCUT2D eigenvalue weighted by Crippen LogP contribution is 2.23. The number of likely N-dealkylation sites (tertiary alicyclic amines) is 1. The second kappa shape index (κ2) is 7.00. The summed E-state index contributed by atoms with van der Waals surface area (Å²) in [4.78, 5) is 30.4. The van der Waals surface area contributed by atoms with Crippen LogP contribution in [-0.4, -0.2) is 35.4 Å². The van der Waals surface area contributed by atoms with Gasteiger partial charge in [-0.2, -0.15) is 0 Å². The molecule has 2 aromatic rings. The van der Waals surface area contributed by atoms with Crippen LogP contribution in [0.1, 0.15) is 17.7 Å². The Morgan fingerprint density at radius 2 is 2.17 bits per heavy atom.